The summed E-state index contributed by atoms with van der Waals surface area (Å²) in [6.07, 6.45) is 4.36. The van der Waals surface area contributed by atoms with Gasteiger partial charge < -0.3 is 15.5 Å². The Morgan fingerprint density at radius 3 is 2.66 bits per heavy atom. The number of quaternary nitrogens is 1. The summed E-state index contributed by atoms with van der Waals surface area (Å²) >= 11 is 7.51. The largest absolute Gasteiger partial charge is 0.352 e. The van der Waals surface area contributed by atoms with E-state index in [1.807, 2.05) is 36.4 Å². The average Bonchev–Trinajstić information content (AvgIpc) is 2.75. The van der Waals surface area contributed by atoms with Crippen LogP contribution >= 0.6 is 23.4 Å². The second-order valence-corrected chi connectivity index (χ2v) is 9.13. The van der Waals surface area contributed by atoms with Crippen molar-refractivity contribution in [2.24, 2.45) is 0 Å². The maximum Gasteiger partial charge on any atom is 0.294 e. The zero-order valence-electron chi connectivity index (χ0n) is 16.2. The molecular weight excluding hydrogens is 406 g/mol. The summed E-state index contributed by atoms with van der Waals surface area (Å²) in [7, 11) is 0. The number of anilines is 1. The minimum Gasteiger partial charge on any atom is -0.352 e. The van der Waals surface area contributed by atoms with Crippen molar-refractivity contribution < 1.29 is 14.5 Å². The molecule has 1 fully saturated rings. The van der Waals surface area contributed by atoms with Gasteiger partial charge in [-0.05, 0) is 61.6 Å². The molecule has 2 aliphatic heterocycles. The summed E-state index contributed by atoms with van der Waals surface area (Å²) in [4.78, 5) is 27.5. The molecule has 3 N–H and O–H groups in total. The van der Waals surface area contributed by atoms with Gasteiger partial charge in [0.1, 0.15) is 0 Å². The predicted molar refractivity (Wildman–Crippen MR) is 117 cm³/mol. The van der Waals surface area contributed by atoms with E-state index in [-0.39, 0.29) is 17.2 Å². The van der Waals surface area contributed by atoms with Gasteiger partial charge in [0.25, 0.3) is 11.8 Å². The molecule has 152 valence electrons. The fraction of sp³-hybridized carbons (Fsp3) is 0.364. The van der Waals surface area contributed by atoms with Gasteiger partial charge in [0.2, 0.25) is 5.37 Å². The zero-order valence-corrected chi connectivity index (χ0v) is 17.7. The Balaban J connectivity index is 1.36. The lowest BCUT2D eigenvalue weighted by atomic mass is 10.1. The van der Waals surface area contributed by atoms with Crippen LogP contribution in [-0.2, 0) is 11.2 Å². The second kappa shape index (κ2) is 9.20. The molecule has 2 heterocycles. The first-order chi connectivity index (χ1) is 14.1. The Morgan fingerprint density at radius 1 is 1.14 bits per heavy atom. The molecule has 4 rings (SSSR count). The van der Waals surface area contributed by atoms with Crippen LogP contribution in [0.15, 0.2) is 47.4 Å². The number of amides is 2. The Morgan fingerprint density at radius 2 is 1.90 bits per heavy atom. The Kier molecular flexibility index (Phi) is 6.43. The Bertz CT molecular complexity index is 897. The lowest BCUT2D eigenvalue weighted by molar-refractivity contribution is -0.906. The first-order valence-electron chi connectivity index (χ1n) is 10.1. The Hall–Kier alpha value is -2.02. The van der Waals surface area contributed by atoms with Gasteiger partial charge in [0.05, 0.1) is 18.8 Å². The van der Waals surface area contributed by atoms with Crippen molar-refractivity contribution in [1.29, 1.82) is 0 Å². The van der Waals surface area contributed by atoms with E-state index in [0.29, 0.717) is 17.1 Å². The van der Waals surface area contributed by atoms with Crippen molar-refractivity contribution in [3.05, 3.63) is 58.6 Å². The van der Waals surface area contributed by atoms with E-state index in [0.717, 1.165) is 35.7 Å². The highest BCUT2D eigenvalue weighted by Gasteiger charge is 2.36. The minimum atomic E-state index is -0.134. The summed E-state index contributed by atoms with van der Waals surface area (Å²) < 4.78 is 0. The number of carbonyl (C=O) groups is 2. The molecule has 1 atom stereocenters. The lowest BCUT2D eigenvalue weighted by Crippen LogP contribution is -3.17. The third-order valence-electron chi connectivity index (χ3n) is 5.46. The van der Waals surface area contributed by atoms with Gasteiger partial charge in [-0.3, -0.25) is 9.59 Å². The SMILES string of the molecule is O=C(NCCc1ccc(Cl)cc1)c1ccc2c(c1)NC(=O)C([NH+]1CCCCC1)S2. The number of fused-ring (bicyclic) bond motifs is 1. The highest BCUT2D eigenvalue weighted by atomic mass is 35.5. The highest BCUT2D eigenvalue weighted by Crippen LogP contribution is 2.34. The topological polar surface area (TPSA) is 62.6 Å². The molecule has 2 amide bonds. The summed E-state index contributed by atoms with van der Waals surface area (Å²) in [5, 5.41) is 6.57. The molecule has 0 aromatic heterocycles. The summed E-state index contributed by atoms with van der Waals surface area (Å²) in [6.45, 7) is 2.64. The van der Waals surface area contributed by atoms with Crippen LogP contribution in [0.5, 0.6) is 0 Å². The van der Waals surface area contributed by atoms with Crippen molar-refractivity contribution in [1.82, 2.24) is 5.32 Å². The van der Waals surface area contributed by atoms with Gasteiger partial charge in [-0.2, -0.15) is 0 Å². The highest BCUT2D eigenvalue weighted by molar-refractivity contribution is 8.00. The van der Waals surface area contributed by atoms with Crippen molar-refractivity contribution >= 4 is 40.9 Å². The number of benzene rings is 2. The first-order valence-corrected chi connectivity index (χ1v) is 11.3. The maximum atomic E-state index is 12.6. The first kappa shape index (κ1) is 20.3. The maximum absolute atomic E-state index is 12.6. The molecule has 0 aliphatic carbocycles. The number of rotatable bonds is 5. The normalized spacial score (nSPS) is 19.3. The van der Waals surface area contributed by atoms with Gasteiger partial charge in [-0.25, -0.2) is 0 Å². The van der Waals surface area contributed by atoms with Crippen LogP contribution in [0.4, 0.5) is 5.69 Å². The molecule has 2 aliphatic rings. The standard InChI is InChI=1S/C22H24ClN3O2S/c23-17-7-4-15(5-8-17)10-11-24-20(27)16-6-9-19-18(14-16)25-21(28)22(29-19)26-12-2-1-3-13-26/h4-9,14,22H,1-3,10-13H2,(H,24,27)(H,25,28)/p+1. The number of hydrogen-bond acceptors (Lipinski definition) is 3. The van der Waals surface area contributed by atoms with Gasteiger partial charge in [0.15, 0.2) is 0 Å². The summed E-state index contributed by atoms with van der Waals surface area (Å²) in [5.74, 6) is -0.0931. The van der Waals surface area contributed by atoms with E-state index >= 15 is 0 Å². The second-order valence-electron chi connectivity index (χ2n) is 7.55. The third-order valence-corrected chi connectivity index (χ3v) is 7.11. The van der Waals surface area contributed by atoms with Crippen LogP contribution in [-0.4, -0.2) is 36.8 Å². The molecule has 1 saturated heterocycles. The quantitative estimate of drug-likeness (QED) is 0.683. The van der Waals surface area contributed by atoms with Crippen LogP contribution in [0.2, 0.25) is 5.02 Å². The van der Waals surface area contributed by atoms with Crippen molar-refractivity contribution in [2.75, 3.05) is 25.0 Å². The number of nitrogens with one attached hydrogen (secondary N) is 3. The van der Waals surface area contributed by atoms with Gasteiger partial charge in [-0.1, -0.05) is 35.5 Å². The molecule has 0 spiro atoms. The van der Waals surface area contributed by atoms with Crippen molar-refractivity contribution in [2.45, 2.75) is 36.0 Å². The molecule has 29 heavy (non-hydrogen) atoms. The number of hydrogen-bond donors (Lipinski definition) is 3. The fourth-order valence-corrected chi connectivity index (χ4v) is 5.19. The van der Waals surface area contributed by atoms with Gasteiger partial charge in [0, 0.05) is 22.0 Å². The summed E-state index contributed by atoms with van der Waals surface area (Å²) in [6, 6.07) is 13.2. The molecule has 0 saturated carbocycles. The molecular formula is C22H25ClN3O2S+. The van der Waals surface area contributed by atoms with E-state index in [2.05, 4.69) is 10.6 Å². The monoisotopic (exact) mass is 430 g/mol. The minimum absolute atomic E-state index is 0.0414. The van der Waals surface area contributed by atoms with Crippen LogP contribution in [0.1, 0.15) is 35.2 Å². The number of carbonyl (C=O) groups excluding carboxylic acids is 2. The molecule has 5 nitrogen and oxygen atoms in total. The fourth-order valence-electron chi connectivity index (χ4n) is 3.86. The smallest absolute Gasteiger partial charge is 0.294 e. The van der Waals surface area contributed by atoms with Crippen LogP contribution in [0.25, 0.3) is 0 Å². The predicted octanol–water partition coefficient (Wildman–Crippen LogP) is 2.75. The molecule has 2 aromatic carbocycles. The number of halogens is 1. The molecule has 1 unspecified atom stereocenters. The van der Waals surface area contributed by atoms with E-state index in [1.54, 1.807) is 17.8 Å². The third kappa shape index (κ3) is 4.94. The number of piperidine rings is 1. The van der Waals surface area contributed by atoms with E-state index in [9.17, 15) is 9.59 Å². The molecule has 0 bridgehead atoms. The number of thioether (sulfide) groups is 1. The van der Waals surface area contributed by atoms with Gasteiger partial charge >= 0.3 is 0 Å². The van der Waals surface area contributed by atoms with E-state index in [1.165, 1.54) is 24.2 Å². The van der Waals surface area contributed by atoms with Crippen molar-refractivity contribution in [3.63, 3.8) is 0 Å². The summed E-state index contributed by atoms with van der Waals surface area (Å²) in [5.41, 5.74) is 2.41. The number of likely N-dealkylation sites (tertiary alicyclic amines) is 1. The van der Waals surface area contributed by atoms with E-state index in [4.69, 9.17) is 11.6 Å². The Labute approximate surface area is 180 Å². The van der Waals surface area contributed by atoms with Crippen LogP contribution in [0.3, 0.4) is 0 Å². The van der Waals surface area contributed by atoms with Crippen molar-refractivity contribution in [3.8, 4) is 0 Å². The van der Waals surface area contributed by atoms with Crippen LogP contribution < -0.4 is 15.5 Å². The zero-order chi connectivity index (χ0) is 20.2. The van der Waals surface area contributed by atoms with Gasteiger partial charge in [-0.15, -0.1) is 0 Å². The van der Waals surface area contributed by atoms with E-state index < -0.39 is 0 Å². The molecule has 0 radical (unpaired) electrons. The average molecular weight is 431 g/mol. The molecule has 7 heteroatoms. The lowest BCUT2D eigenvalue weighted by Gasteiger charge is -2.33. The van der Waals surface area contributed by atoms with Crippen LogP contribution in [0, 0.1) is 0 Å². The molecule has 2 aromatic rings.